The summed E-state index contributed by atoms with van der Waals surface area (Å²) in [6, 6.07) is 8.48. The molecular formula is C24H24BBrFNO5S. The molecule has 0 radical (unpaired) electrons. The van der Waals surface area contributed by atoms with Gasteiger partial charge in [0.25, 0.3) is 0 Å². The van der Waals surface area contributed by atoms with E-state index in [-0.39, 0.29) is 22.9 Å². The summed E-state index contributed by atoms with van der Waals surface area (Å²) in [5.41, 5.74) is 6.75. The molecule has 2 aromatic carbocycles. The molecule has 34 heavy (non-hydrogen) atoms. The van der Waals surface area contributed by atoms with Gasteiger partial charge in [-0.1, -0.05) is 34.6 Å². The van der Waals surface area contributed by atoms with Crippen LogP contribution < -0.4 is 15.9 Å². The van der Waals surface area contributed by atoms with Crippen LogP contribution in [-0.4, -0.2) is 26.6 Å². The highest BCUT2D eigenvalue weighted by Crippen LogP contribution is 2.37. The Kier molecular flexibility index (Phi) is 7.72. The molecule has 10 heteroatoms. The number of fused-ring (bicyclic) bond motifs is 1. The molecule has 178 valence electrons. The normalized spacial score (nSPS) is 11.3. The average molecular weight is 548 g/mol. The predicted molar refractivity (Wildman–Crippen MR) is 137 cm³/mol. The van der Waals surface area contributed by atoms with Crippen molar-refractivity contribution < 1.29 is 28.2 Å². The molecule has 0 bridgehead atoms. The maximum atomic E-state index is 14.7. The fourth-order valence-electron chi connectivity index (χ4n) is 3.13. The molecule has 0 fully saturated rings. The van der Waals surface area contributed by atoms with Crippen molar-refractivity contribution in [2.75, 3.05) is 6.79 Å². The zero-order valence-electron chi connectivity index (χ0n) is 19.3. The molecule has 0 saturated heterocycles. The van der Waals surface area contributed by atoms with Crippen molar-refractivity contribution in [2.24, 2.45) is 11.1 Å². The second kappa shape index (κ2) is 10.2. The number of carbonyl (C=O) groups is 2. The third-order valence-electron chi connectivity index (χ3n) is 4.90. The lowest BCUT2D eigenvalue weighted by Gasteiger charge is -2.16. The molecule has 6 nitrogen and oxygen atoms in total. The Morgan fingerprint density at radius 1 is 1.24 bits per heavy atom. The summed E-state index contributed by atoms with van der Waals surface area (Å²) < 4.78 is 32.4. The van der Waals surface area contributed by atoms with Gasteiger partial charge in [-0.2, -0.15) is 0 Å². The van der Waals surface area contributed by atoms with Crippen LogP contribution in [0.25, 0.3) is 15.8 Å². The summed E-state index contributed by atoms with van der Waals surface area (Å²) in [5.74, 6) is -1.69. The van der Waals surface area contributed by atoms with E-state index in [1.54, 1.807) is 34.7 Å². The van der Waals surface area contributed by atoms with Gasteiger partial charge in [-0.05, 0) is 50.0 Å². The molecule has 2 N–H and O–H groups in total. The van der Waals surface area contributed by atoms with Crippen LogP contribution in [0.3, 0.4) is 0 Å². The summed E-state index contributed by atoms with van der Waals surface area (Å²) in [5, 5.41) is 0.760. The Morgan fingerprint density at radius 2 is 1.94 bits per heavy atom. The van der Waals surface area contributed by atoms with Crippen molar-refractivity contribution in [3.05, 3.63) is 63.2 Å². The second-order valence-corrected chi connectivity index (χ2v) is 10.6. The van der Waals surface area contributed by atoms with E-state index in [1.807, 2.05) is 18.2 Å². The van der Waals surface area contributed by atoms with Crippen molar-refractivity contribution in [1.29, 1.82) is 0 Å². The number of ether oxygens (including phenoxy) is 3. The van der Waals surface area contributed by atoms with Gasteiger partial charge in [0.2, 0.25) is 6.79 Å². The van der Waals surface area contributed by atoms with Crippen molar-refractivity contribution in [3.63, 3.8) is 0 Å². The topological polar surface area (TPSA) is 87.8 Å². The highest BCUT2D eigenvalue weighted by atomic mass is 79.9. The Morgan fingerprint density at radius 3 is 2.56 bits per heavy atom. The molecule has 3 rings (SSSR count). The monoisotopic (exact) mass is 547 g/mol. The van der Waals surface area contributed by atoms with Gasteiger partial charge in [0, 0.05) is 25.8 Å². The number of halogens is 2. The van der Waals surface area contributed by atoms with Gasteiger partial charge in [0.1, 0.15) is 25.1 Å². The Balaban J connectivity index is 1.89. The smallest absolute Gasteiger partial charge is 0.351 e. The first-order chi connectivity index (χ1) is 15.9. The van der Waals surface area contributed by atoms with E-state index in [0.717, 1.165) is 14.6 Å². The van der Waals surface area contributed by atoms with E-state index in [1.165, 1.54) is 17.4 Å². The number of benzene rings is 2. The van der Waals surface area contributed by atoms with E-state index >= 15 is 0 Å². The third kappa shape index (κ3) is 5.62. The molecule has 1 heterocycles. The first-order valence-corrected chi connectivity index (χ1v) is 11.9. The minimum Gasteiger partial charge on any atom is -0.486 e. The minimum absolute atomic E-state index is 0.0508. The van der Waals surface area contributed by atoms with Crippen molar-refractivity contribution >= 4 is 68.3 Å². The van der Waals surface area contributed by atoms with Crippen LogP contribution in [0, 0.1) is 11.2 Å². The number of hydrogen-bond acceptors (Lipinski definition) is 7. The van der Waals surface area contributed by atoms with Crippen molar-refractivity contribution in [1.82, 2.24) is 0 Å². The van der Waals surface area contributed by atoms with E-state index < -0.39 is 30.0 Å². The fraction of sp³-hybridized carbons (Fsp3) is 0.250. The standard InChI is InChI=1S/C24H24BBrFNO5S/c1-12(28)13-8-15(25)20(17(27)9-13)31-10-14-19-16(26)6-5-7-18(19)34-21(14)22(29)32-11-33-23(30)24(2,3)4/h5-9H,1,10-11,25,28H2,2-4H3. The second-order valence-electron chi connectivity index (χ2n) is 8.67. The average Bonchev–Trinajstić information content (AvgIpc) is 3.12. The number of hydrogen-bond donors (Lipinski definition) is 1. The molecule has 0 amide bonds. The van der Waals surface area contributed by atoms with Gasteiger partial charge in [-0.3, -0.25) is 4.79 Å². The van der Waals surface area contributed by atoms with Crippen LogP contribution in [0.1, 0.15) is 41.6 Å². The number of esters is 2. The molecule has 0 aliphatic heterocycles. The Labute approximate surface area is 210 Å². The number of carbonyl (C=O) groups excluding carboxylic acids is 2. The van der Waals surface area contributed by atoms with Gasteiger partial charge in [0.05, 0.1) is 5.41 Å². The number of rotatable bonds is 7. The molecule has 0 saturated carbocycles. The van der Waals surface area contributed by atoms with E-state index in [0.29, 0.717) is 16.6 Å². The summed E-state index contributed by atoms with van der Waals surface area (Å²) in [7, 11) is 1.70. The zero-order chi connectivity index (χ0) is 25.2. The van der Waals surface area contributed by atoms with Gasteiger partial charge in [-0.15, -0.1) is 11.3 Å². The lowest BCUT2D eigenvalue weighted by molar-refractivity contribution is -0.161. The van der Waals surface area contributed by atoms with Gasteiger partial charge < -0.3 is 19.9 Å². The molecule has 3 aromatic rings. The van der Waals surface area contributed by atoms with Crippen LogP contribution in [0.4, 0.5) is 4.39 Å². The minimum atomic E-state index is -0.721. The Bertz CT molecular complexity index is 1260. The third-order valence-corrected chi connectivity index (χ3v) is 6.74. The van der Waals surface area contributed by atoms with Gasteiger partial charge >= 0.3 is 11.9 Å². The van der Waals surface area contributed by atoms with Crippen LogP contribution in [0.2, 0.25) is 0 Å². The van der Waals surface area contributed by atoms with Crippen LogP contribution >= 0.6 is 27.3 Å². The summed E-state index contributed by atoms with van der Waals surface area (Å²) >= 11 is 4.73. The van der Waals surface area contributed by atoms with E-state index in [9.17, 15) is 14.0 Å². The molecule has 0 unspecified atom stereocenters. The lowest BCUT2D eigenvalue weighted by Crippen LogP contribution is -2.24. The van der Waals surface area contributed by atoms with Gasteiger partial charge in [-0.25, -0.2) is 9.18 Å². The van der Waals surface area contributed by atoms with Crippen molar-refractivity contribution in [2.45, 2.75) is 27.4 Å². The highest BCUT2D eigenvalue weighted by Gasteiger charge is 2.25. The first-order valence-electron chi connectivity index (χ1n) is 10.3. The van der Waals surface area contributed by atoms with Crippen LogP contribution in [0.15, 0.2) is 41.4 Å². The number of nitrogens with two attached hydrogens (primary N) is 1. The zero-order valence-corrected chi connectivity index (χ0v) is 21.7. The maximum absolute atomic E-state index is 14.7. The predicted octanol–water partition coefficient (Wildman–Crippen LogP) is 4.27. The summed E-state index contributed by atoms with van der Waals surface area (Å²) in [6.07, 6.45) is 0. The van der Waals surface area contributed by atoms with E-state index in [2.05, 4.69) is 22.5 Å². The lowest BCUT2D eigenvalue weighted by atomic mass is 9.92. The molecular weight excluding hydrogens is 524 g/mol. The molecule has 0 aliphatic rings. The SMILES string of the molecule is Bc1cc(C(=C)N)cc(F)c1OCc1c(C(=O)OCOC(=O)C(C)(C)C)sc2cccc(Br)c12. The summed E-state index contributed by atoms with van der Waals surface area (Å²) in [6.45, 7) is 8.14. The molecule has 0 atom stereocenters. The van der Waals surface area contributed by atoms with Crippen LogP contribution in [-0.2, 0) is 20.9 Å². The highest BCUT2D eigenvalue weighted by molar-refractivity contribution is 9.10. The van der Waals surface area contributed by atoms with Crippen LogP contribution in [0.5, 0.6) is 5.75 Å². The molecule has 0 spiro atoms. The first kappa shape index (κ1) is 25.8. The number of thiophene rings is 1. The maximum Gasteiger partial charge on any atom is 0.351 e. The molecule has 0 aliphatic carbocycles. The summed E-state index contributed by atoms with van der Waals surface area (Å²) in [4.78, 5) is 25.1. The van der Waals surface area contributed by atoms with Crippen molar-refractivity contribution in [3.8, 4) is 5.75 Å². The Hall–Kier alpha value is -2.85. The fourth-order valence-corrected chi connectivity index (χ4v) is 5.00. The van der Waals surface area contributed by atoms with E-state index in [4.69, 9.17) is 19.9 Å². The largest absolute Gasteiger partial charge is 0.486 e. The molecule has 1 aromatic heterocycles. The van der Waals surface area contributed by atoms with Gasteiger partial charge in [0.15, 0.2) is 5.82 Å². The quantitative estimate of drug-likeness (QED) is 0.270.